The van der Waals surface area contributed by atoms with Gasteiger partial charge in [-0.15, -0.1) is 0 Å². The molecule has 1 unspecified atom stereocenters. The summed E-state index contributed by atoms with van der Waals surface area (Å²) in [6, 6.07) is 10.1. The van der Waals surface area contributed by atoms with Crippen molar-refractivity contribution >= 4 is 27.3 Å². The molecule has 1 atom stereocenters. The van der Waals surface area contributed by atoms with E-state index in [4.69, 9.17) is 14.2 Å². The summed E-state index contributed by atoms with van der Waals surface area (Å²) >= 11 is 0. The summed E-state index contributed by atoms with van der Waals surface area (Å²) in [5, 5.41) is 2.73. The Balaban J connectivity index is 1.88. The van der Waals surface area contributed by atoms with E-state index in [2.05, 4.69) is 5.32 Å². The number of sulfonamides is 1. The Bertz CT molecular complexity index is 1010. The fraction of sp³-hybridized carbons (Fsp3) is 0.316. The van der Waals surface area contributed by atoms with E-state index >= 15 is 0 Å². The molecule has 9 heteroatoms. The SMILES string of the molecule is COc1ccc(NC(=O)C2CN(S(C)(=O)=O)c3cc(C)ccc3O2)c(OC)c1. The van der Waals surface area contributed by atoms with Crippen molar-refractivity contribution in [2.24, 2.45) is 0 Å². The summed E-state index contributed by atoms with van der Waals surface area (Å²) in [5.74, 6) is 0.850. The molecule has 28 heavy (non-hydrogen) atoms. The van der Waals surface area contributed by atoms with Crippen LogP contribution in [0, 0.1) is 6.92 Å². The minimum atomic E-state index is -3.59. The third kappa shape index (κ3) is 3.99. The Morgan fingerprint density at radius 2 is 1.93 bits per heavy atom. The van der Waals surface area contributed by atoms with Crippen molar-refractivity contribution in [3.05, 3.63) is 42.0 Å². The van der Waals surface area contributed by atoms with Gasteiger partial charge in [0.25, 0.3) is 5.91 Å². The fourth-order valence-electron chi connectivity index (χ4n) is 2.93. The van der Waals surface area contributed by atoms with Gasteiger partial charge < -0.3 is 19.5 Å². The predicted octanol–water partition coefficient (Wildman–Crippen LogP) is 2.18. The number of nitrogens with one attached hydrogen (secondary N) is 1. The molecule has 1 heterocycles. The summed E-state index contributed by atoms with van der Waals surface area (Å²) in [7, 11) is -0.578. The van der Waals surface area contributed by atoms with Crippen LogP contribution in [-0.4, -0.2) is 47.4 Å². The van der Waals surface area contributed by atoms with Crippen LogP contribution in [0.1, 0.15) is 5.56 Å². The largest absolute Gasteiger partial charge is 0.497 e. The molecule has 0 saturated carbocycles. The first-order chi connectivity index (χ1) is 13.2. The lowest BCUT2D eigenvalue weighted by molar-refractivity contribution is -0.122. The summed E-state index contributed by atoms with van der Waals surface area (Å²) in [6.45, 7) is 1.73. The molecule has 1 aliphatic heterocycles. The van der Waals surface area contributed by atoms with Crippen molar-refractivity contribution in [1.29, 1.82) is 0 Å². The molecule has 1 aliphatic rings. The van der Waals surface area contributed by atoms with Crippen LogP contribution < -0.4 is 23.8 Å². The number of hydrogen-bond donors (Lipinski definition) is 1. The average molecular weight is 406 g/mol. The van der Waals surface area contributed by atoms with Gasteiger partial charge in [-0.3, -0.25) is 9.10 Å². The molecule has 1 amide bonds. The highest BCUT2D eigenvalue weighted by Gasteiger charge is 2.35. The van der Waals surface area contributed by atoms with E-state index < -0.39 is 22.0 Å². The van der Waals surface area contributed by atoms with Crippen molar-refractivity contribution in [1.82, 2.24) is 0 Å². The Labute approximate surface area is 164 Å². The molecule has 2 aromatic rings. The van der Waals surface area contributed by atoms with Crippen LogP contribution in [0.25, 0.3) is 0 Å². The minimum absolute atomic E-state index is 0.125. The molecule has 0 spiro atoms. The molecule has 150 valence electrons. The van der Waals surface area contributed by atoms with Crippen LogP contribution in [0.2, 0.25) is 0 Å². The van der Waals surface area contributed by atoms with Gasteiger partial charge in [-0.1, -0.05) is 6.07 Å². The van der Waals surface area contributed by atoms with Gasteiger partial charge in [0.1, 0.15) is 17.2 Å². The zero-order valence-corrected chi connectivity index (χ0v) is 16.9. The van der Waals surface area contributed by atoms with Crippen molar-refractivity contribution in [2.75, 3.05) is 36.6 Å². The number of carbonyl (C=O) groups is 1. The number of methoxy groups -OCH3 is 2. The molecule has 2 aromatic carbocycles. The van der Waals surface area contributed by atoms with E-state index in [0.29, 0.717) is 28.6 Å². The lowest BCUT2D eigenvalue weighted by Crippen LogP contribution is -2.48. The van der Waals surface area contributed by atoms with Gasteiger partial charge in [-0.05, 0) is 36.8 Å². The van der Waals surface area contributed by atoms with Gasteiger partial charge >= 0.3 is 0 Å². The number of aryl methyl sites for hydroxylation is 1. The molecular weight excluding hydrogens is 384 g/mol. The molecule has 1 N–H and O–H groups in total. The fourth-order valence-corrected chi connectivity index (χ4v) is 3.83. The first kappa shape index (κ1) is 19.8. The van der Waals surface area contributed by atoms with Crippen LogP contribution in [0.4, 0.5) is 11.4 Å². The van der Waals surface area contributed by atoms with E-state index in [1.54, 1.807) is 36.4 Å². The van der Waals surface area contributed by atoms with E-state index in [9.17, 15) is 13.2 Å². The Kier molecular flexibility index (Phi) is 5.37. The monoisotopic (exact) mass is 406 g/mol. The maximum Gasteiger partial charge on any atom is 0.267 e. The van der Waals surface area contributed by atoms with E-state index in [0.717, 1.165) is 11.8 Å². The average Bonchev–Trinajstić information content (AvgIpc) is 2.66. The number of amides is 1. The maximum absolute atomic E-state index is 12.8. The zero-order valence-electron chi connectivity index (χ0n) is 16.1. The number of carbonyl (C=O) groups excluding carboxylic acids is 1. The molecule has 0 radical (unpaired) electrons. The summed E-state index contributed by atoms with van der Waals surface area (Å²) in [4.78, 5) is 12.8. The van der Waals surface area contributed by atoms with E-state index in [-0.39, 0.29) is 6.54 Å². The third-order valence-electron chi connectivity index (χ3n) is 4.34. The van der Waals surface area contributed by atoms with Gasteiger partial charge in [0.05, 0.1) is 38.4 Å². The topological polar surface area (TPSA) is 94.2 Å². The second-order valence-electron chi connectivity index (χ2n) is 6.43. The first-order valence-corrected chi connectivity index (χ1v) is 10.4. The molecule has 0 saturated heterocycles. The number of ether oxygens (including phenoxy) is 3. The molecule has 0 aliphatic carbocycles. The lowest BCUT2D eigenvalue weighted by Gasteiger charge is -2.34. The van der Waals surface area contributed by atoms with Gasteiger partial charge in [0.15, 0.2) is 6.10 Å². The maximum atomic E-state index is 12.8. The number of benzene rings is 2. The molecule has 8 nitrogen and oxygen atoms in total. The summed E-state index contributed by atoms with van der Waals surface area (Å²) in [5.41, 5.74) is 1.74. The highest BCUT2D eigenvalue weighted by molar-refractivity contribution is 7.92. The predicted molar refractivity (Wildman–Crippen MR) is 106 cm³/mol. The second kappa shape index (κ2) is 7.59. The Morgan fingerprint density at radius 1 is 1.18 bits per heavy atom. The van der Waals surface area contributed by atoms with Crippen LogP contribution in [0.5, 0.6) is 17.2 Å². The number of hydrogen-bond acceptors (Lipinski definition) is 6. The Hall–Kier alpha value is -2.94. The smallest absolute Gasteiger partial charge is 0.267 e. The summed E-state index contributed by atoms with van der Waals surface area (Å²) < 4.78 is 41.9. The van der Waals surface area contributed by atoms with Gasteiger partial charge in [0.2, 0.25) is 10.0 Å². The van der Waals surface area contributed by atoms with Gasteiger partial charge in [0, 0.05) is 6.07 Å². The van der Waals surface area contributed by atoms with Crippen molar-refractivity contribution in [3.63, 3.8) is 0 Å². The quantitative estimate of drug-likeness (QED) is 0.818. The van der Waals surface area contributed by atoms with E-state index in [1.165, 1.54) is 18.5 Å². The molecular formula is C19H22N2O6S. The lowest BCUT2D eigenvalue weighted by atomic mass is 10.1. The molecule has 0 aromatic heterocycles. The normalized spacial score (nSPS) is 16.0. The van der Waals surface area contributed by atoms with Gasteiger partial charge in [-0.25, -0.2) is 8.42 Å². The Morgan fingerprint density at radius 3 is 2.57 bits per heavy atom. The van der Waals surface area contributed by atoms with Gasteiger partial charge in [-0.2, -0.15) is 0 Å². The number of anilines is 2. The number of fused-ring (bicyclic) bond motifs is 1. The van der Waals surface area contributed by atoms with Crippen molar-refractivity contribution in [2.45, 2.75) is 13.0 Å². The molecule has 0 fully saturated rings. The van der Waals surface area contributed by atoms with Crippen molar-refractivity contribution < 1.29 is 27.4 Å². The zero-order chi connectivity index (χ0) is 20.5. The number of rotatable bonds is 5. The van der Waals surface area contributed by atoms with Crippen LogP contribution in [-0.2, 0) is 14.8 Å². The molecule has 0 bridgehead atoms. The molecule has 3 rings (SSSR count). The highest BCUT2D eigenvalue weighted by atomic mass is 32.2. The minimum Gasteiger partial charge on any atom is -0.497 e. The van der Waals surface area contributed by atoms with E-state index in [1.807, 2.05) is 6.92 Å². The van der Waals surface area contributed by atoms with Crippen LogP contribution in [0.3, 0.4) is 0 Å². The van der Waals surface area contributed by atoms with Crippen molar-refractivity contribution in [3.8, 4) is 17.2 Å². The summed E-state index contributed by atoms with van der Waals surface area (Å²) in [6.07, 6.45) is 0.0862. The first-order valence-electron chi connectivity index (χ1n) is 8.51. The second-order valence-corrected chi connectivity index (χ2v) is 8.33. The standard InChI is InChI=1S/C19H22N2O6S/c1-12-5-8-16-15(9-12)21(28(4,23)24)11-18(27-16)19(22)20-14-7-6-13(25-2)10-17(14)26-3/h5-10,18H,11H2,1-4H3,(H,20,22). The highest BCUT2D eigenvalue weighted by Crippen LogP contribution is 2.36. The van der Waals surface area contributed by atoms with Crippen LogP contribution in [0.15, 0.2) is 36.4 Å². The third-order valence-corrected chi connectivity index (χ3v) is 5.49. The number of nitrogens with zero attached hydrogens (tertiary/aromatic N) is 1. The van der Waals surface area contributed by atoms with Crippen LogP contribution >= 0.6 is 0 Å².